The summed E-state index contributed by atoms with van der Waals surface area (Å²) >= 11 is 0. The normalized spacial score (nSPS) is 38.5. The molecule has 3 rings (SSSR count). The van der Waals surface area contributed by atoms with Crippen molar-refractivity contribution in [3.8, 4) is 0 Å². The van der Waals surface area contributed by atoms with E-state index in [1.807, 2.05) is 0 Å². The summed E-state index contributed by atoms with van der Waals surface area (Å²) in [6, 6.07) is 0.744. The predicted molar refractivity (Wildman–Crippen MR) is 70.1 cm³/mol. The quantitative estimate of drug-likeness (QED) is 0.813. The number of ether oxygens (including phenoxy) is 1. The summed E-state index contributed by atoms with van der Waals surface area (Å²) in [5.41, 5.74) is 0.838. The molecule has 0 aromatic heterocycles. The van der Waals surface area contributed by atoms with E-state index in [0.717, 1.165) is 12.6 Å². The van der Waals surface area contributed by atoms with Crippen LogP contribution in [0.1, 0.15) is 65.2 Å². The first-order valence-corrected chi connectivity index (χ1v) is 7.51. The van der Waals surface area contributed by atoms with Crippen LogP contribution in [0.2, 0.25) is 0 Å². The monoisotopic (exact) mass is 237 g/mol. The zero-order valence-electron chi connectivity index (χ0n) is 11.4. The standard InChI is InChI=1S/C15H27NO/c1-14(2)10-13(14)16-11-12-6-9-15(17-12)7-4-3-5-8-15/h12-13,16H,3-11H2,1-2H3. The summed E-state index contributed by atoms with van der Waals surface area (Å²) in [6.07, 6.45) is 11.2. The Morgan fingerprint density at radius 3 is 2.47 bits per heavy atom. The summed E-state index contributed by atoms with van der Waals surface area (Å²) < 4.78 is 6.37. The molecule has 3 aliphatic rings. The van der Waals surface area contributed by atoms with E-state index in [-0.39, 0.29) is 0 Å². The second-order valence-electron chi connectivity index (χ2n) is 7.18. The molecule has 17 heavy (non-hydrogen) atoms. The molecule has 1 heterocycles. The van der Waals surface area contributed by atoms with Gasteiger partial charge in [0.1, 0.15) is 0 Å². The molecule has 2 nitrogen and oxygen atoms in total. The van der Waals surface area contributed by atoms with Gasteiger partial charge in [-0.2, -0.15) is 0 Å². The summed E-state index contributed by atoms with van der Waals surface area (Å²) in [7, 11) is 0. The summed E-state index contributed by atoms with van der Waals surface area (Å²) in [6.45, 7) is 5.78. The molecule has 2 aliphatic carbocycles. The van der Waals surface area contributed by atoms with Crippen molar-refractivity contribution in [2.75, 3.05) is 6.54 Å². The molecule has 2 saturated carbocycles. The van der Waals surface area contributed by atoms with Crippen molar-refractivity contribution in [3.63, 3.8) is 0 Å². The van der Waals surface area contributed by atoms with E-state index in [2.05, 4.69) is 19.2 Å². The molecule has 0 aromatic carbocycles. The van der Waals surface area contributed by atoms with Gasteiger partial charge >= 0.3 is 0 Å². The maximum atomic E-state index is 6.37. The van der Waals surface area contributed by atoms with Crippen LogP contribution in [0.5, 0.6) is 0 Å². The first-order chi connectivity index (χ1) is 8.10. The van der Waals surface area contributed by atoms with E-state index in [0.29, 0.717) is 17.1 Å². The predicted octanol–water partition coefficient (Wildman–Crippen LogP) is 3.26. The highest BCUT2D eigenvalue weighted by Crippen LogP contribution is 2.45. The number of nitrogens with one attached hydrogen (secondary N) is 1. The van der Waals surface area contributed by atoms with Crippen LogP contribution < -0.4 is 5.32 Å². The third-order valence-electron chi connectivity index (χ3n) is 5.21. The van der Waals surface area contributed by atoms with E-state index in [1.165, 1.54) is 51.4 Å². The van der Waals surface area contributed by atoms with Crippen molar-refractivity contribution < 1.29 is 4.74 Å². The number of hydrogen-bond donors (Lipinski definition) is 1. The van der Waals surface area contributed by atoms with Crippen molar-refractivity contribution in [2.45, 2.75) is 83.0 Å². The lowest BCUT2D eigenvalue weighted by Gasteiger charge is -2.33. The van der Waals surface area contributed by atoms with E-state index in [9.17, 15) is 0 Å². The average Bonchev–Trinajstić information content (AvgIpc) is 2.74. The largest absolute Gasteiger partial charge is 0.370 e. The molecule has 1 spiro atoms. The lowest BCUT2D eigenvalue weighted by Crippen LogP contribution is -2.35. The molecule has 0 aromatic rings. The Kier molecular flexibility index (Phi) is 2.99. The minimum atomic E-state index is 0.295. The zero-order chi connectivity index (χ0) is 11.9. The van der Waals surface area contributed by atoms with Crippen LogP contribution in [-0.2, 0) is 4.74 Å². The van der Waals surface area contributed by atoms with E-state index in [4.69, 9.17) is 4.74 Å². The molecule has 0 bridgehead atoms. The fourth-order valence-corrected chi connectivity index (χ4v) is 3.69. The second kappa shape index (κ2) is 4.24. The van der Waals surface area contributed by atoms with Crippen LogP contribution in [0.25, 0.3) is 0 Å². The van der Waals surface area contributed by atoms with E-state index < -0.39 is 0 Å². The fourth-order valence-electron chi connectivity index (χ4n) is 3.69. The highest BCUT2D eigenvalue weighted by Gasteiger charge is 2.46. The maximum absolute atomic E-state index is 6.37. The molecular weight excluding hydrogens is 210 g/mol. The molecule has 1 aliphatic heterocycles. The smallest absolute Gasteiger partial charge is 0.0708 e. The van der Waals surface area contributed by atoms with Crippen molar-refractivity contribution in [1.82, 2.24) is 5.32 Å². The third kappa shape index (κ3) is 2.53. The highest BCUT2D eigenvalue weighted by atomic mass is 16.5. The van der Waals surface area contributed by atoms with Crippen molar-refractivity contribution >= 4 is 0 Å². The minimum Gasteiger partial charge on any atom is -0.370 e. The molecule has 0 radical (unpaired) electrons. The Morgan fingerprint density at radius 2 is 1.82 bits per heavy atom. The Balaban J connectivity index is 1.44. The van der Waals surface area contributed by atoms with Crippen LogP contribution in [-0.4, -0.2) is 24.3 Å². The fraction of sp³-hybridized carbons (Fsp3) is 1.00. The molecule has 98 valence electrons. The molecule has 2 unspecified atom stereocenters. The summed E-state index contributed by atoms with van der Waals surface area (Å²) in [5.74, 6) is 0. The first-order valence-electron chi connectivity index (χ1n) is 7.51. The van der Waals surface area contributed by atoms with Gasteiger partial charge < -0.3 is 10.1 Å². The van der Waals surface area contributed by atoms with Gasteiger partial charge in [-0.3, -0.25) is 0 Å². The lowest BCUT2D eigenvalue weighted by molar-refractivity contribution is -0.0625. The van der Waals surface area contributed by atoms with Crippen LogP contribution in [0.15, 0.2) is 0 Å². The lowest BCUT2D eigenvalue weighted by atomic mass is 9.83. The summed E-state index contributed by atoms with van der Waals surface area (Å²) in [4.78, 5) is 0. The Bertz CT molecular complexity index is 281. The molecule has 2 atom stereocenters. The van der Waals surface area contributed by atoms with Gasteiger partial charge in [0.15, 0.2) is 0 Å². The Morgan fingerprint density at radius 1 is 1.12 bits per heavy atom. The SMILES string of the molecule is CC1(C)CC1NCC1CCC2(CCCCC2)O1. The Labute approximate surface area is 105 Å². The van der Waals surface area contributed by atoms with Gasteiger partial charge in [-0.15, -0.1) is 0 Å². The molecule has 3 fully saturated rings. The summed E-state index contributed by atoms with van der Waals surface area (Å²) in [5, 5.41) is 3.69. The van der Waals surface area contributed by atoms with Gasteiger partial charge in [0.25, 0.3) is 0 Å². The van der Waals surface area contributed by atoms with Crippen LogP contribution >= 0.6 is 0 Å². The van der Waals surface area contributed by atoms with E-state index in [1.54, 1.807) is 0 Å². The Hall–Kier alpha value is -0.0800. The van der Waals surface area contributed by atoms with Gasteiger partial charge in [-0.05, 0) is 37.5 Å². The van der Waals surface area contributed by atoms with Gasteiger partial charge in [0, 0.05) is 12.6 Å². The van der Waals surface area contributed by atoms with Crippen LogP contribution in [0.3, 0.4) is 0 Å². The third-order valence-corrected chi connectivity index (χ3v) is 5.21. The topological polar surface area (TPSA) is 21.3 Å². The maximum Gasteiger partial charge on any atom is 0.0708 e. The number of hydrogen-bond acceptors (Lipinski definition) is 2. The van der Waals surface area contributed by atoms with Crippen molar-refractivity contribution in [1.29, 1.82) is 0 Å². The van der Waals surface area contributed by atoms with Crippen LogP contribution in [0.4, 0.5) is 0 Å². The van der Waals surface area contributed by atoms with E-state index >= 15 is 0 Å². The first kappa shape index (κ1) is 12.0. The molecular formula is C15H27NO. The van der Waals surface area contributed by atoms with Gasteiger partial charge in [0.05, 0.1) is 11.7 Å². The highest BCUT2D eigenvalue weighted by molar-refractivity contribution is 5.02. The average molecular weight is 237 g/mol. The minimum absolute atomic E-state index is 0.295. The number of rotatable bonds is 3. The molecule has 1 saturated heterocycles. The van der Waals surface area contributed by atoms with Gasteiger partial charge in [0.2, 0.25) is 0 Å². The van der Waals surface area contributed by atoms with Gasteiger partial charge in [-0.1, -0.05) is 33.1 Å². The molecule has 1 N–H and O–H groups in total. The van der Waals surface area contributed by atoms with Gasteiger partial charge in [-0.25, -0.2) is 0 Å². The zero-order valence-corrected chi connectivity index (χ0v) is 11.4. The second-order valence-corrected chi connectivity index (χ2v) is 7.18. The molecule has 2 heteroatoms. The van der Waals surface area contributed by atoms with Crippen LogP contribution in [0, 0.1) is 5.41 Å². The van der Waals surface area contributed by atoms with Crippen molar-refractivity contribution in [2.24, 2.45) is 5.41 Å². The van der Waals surface area contributed by atoms with Crippen molar-refractivity contribution in [3.05, 3.63) is 0 Å². The molecule has 0 amide bonds.